The number of likely N-dealkylation sites (tertiary alicyclic amines) is 1. The Balaban J connectivity index is 1.48. The number of nitrogens with one attached hydrogen (secondary N) is 2. The molecular formula is C15H23N5O. The highest BCUT2D eigenvalue weighted by atomic mass is 16.2. The van der Waals surface area contributed by atoms with Crippen molar-refractivity contribution >= 4 is 11.9 Å². The van der Waals surface area contributed by atoms with Gasteiger partial charge in [-0.05, 0) is 50.8 Å². The summed E-state index contributed by atoms with van der Waals surface area (Å²) in [4.78, 5) is 22.4. The number of nitrogens with zero attached hydrogens (tertiary/aromatic N) is 3. The van der Waals surface area contributed by atoms with Gasteiger partial charge >= 0.3 is 0 Å². The number of anilines is 1. The largest absolute Gasteiger partial charge is 0.314 e. The Morgan fingerprint density at radius 1 is 1.33 bits per heavy atom. The third-order valence-electron chi connectivity index (χ3n) is 4.39. The van der Waals surface area contributed by atoms with Gasteiger partial charge < -0.3 is 5.32 Å². The highest BCUT2D eigenvalue weighted by molar-refractivity contribution is 5.90. The van der Waals surface area contributed by atoms with Gasteiger partial charge in [-0.1, -0.05) is 0 Å². The molecule has 0 saturated carbocycles. The van der Waals surface area contributed by atoms with E-state index in [0.29, 0.717) is 24.5 Å². The first-order valence-corrected chi connectivity index (χ1v) is 7.84. The highest BCUT2D eigenvalue weighted by Gasteiger charge is 2.29. The number of amides is 1. The molecule has 0 radical (unpaired) electrons. The Morgan fingerprint density at radius 3 is 2.95 bits per heavy atom. The summed E-state index contributed by atoms with van der Waals surface area (Å²) >= 11 is 0. The van der Waals surface area contributed by atoms with Crippen LogP contribution in [0.1, 0.15) is 25.7 Å². The van der Waals surface area contributed by atoms with E-state index in [1.54, 1.807) is 18.5 Å². The van der Waals surface area contributed by atoms with Crippen molar-refractivity contribution in [2.24, 2.45) is 5.92 Å². The smallest absolute Gasteiger partial charge is 0.240 e. The molecular weight excluding hydrogens is 266 g/mol. The average Bonchev–Trinajstić information content (AvgIpc) is 3.02. The molecule has 3 rings (SSSR count). The van der Waals surface area contributed by atoms with Crippen LogP contribution in [-0.2, 0) is 4.79 Å². The number of carbonyl (C=O) groups excluding carboxylic acids is 1. The SMILES string of the molecule is O=C(CN1CCCC(C2CCCN2)C1)Nc1ncccn1. The first-order chi connectivity index (χ1) is 10.3. The Hall–Kier alpha value is -1.53. The van der Waals surface area contributed by atoms with Gasteiger partial charge in [-0.2, -0.15) is 0 Å². The van der Waals surface area contributed by atoms with Gasteiger partial charge in [-0.3, -0.25) is 15.0 Å². The molecule has 1 amide bonds. The lowest BCUT2D eigenvalue weighted by atomic mass is 9.90. The maximum atomic E-state index is 12.1. The summed E-state index contributed by atoms with van der Waals surface area (Å²) in [6, 6.07) is 2.38. The fraction of sp³-hybridized carbons (Fsp3) is 0.667. The molecule has 2 saturated heterocycles. The lowest BCUT2D eigenvalue weighted by Gasteiger charge is -2.35. The molecule has 0 aliphatic carbocycles. The third-order valence-corrected chi connectivity index (χ3v) is 4.39. The van der Waals surface area contributed by atoms with E-state index in [4.69, 9.17) is 0 Å². The second-order valence-electron chi connectivity index (χ2n) is 5.96. The van der Waals surface area contributed by atoms with Crippen molar-refractivity contribution < 1.29 is 4.79 Å². The molecule has 2 fully saturated rings. The van der Waals surface area contributed by atoms with Crippen LogP contribution in [0.15, 0.2) is 18.5 Å². The molecule has 6 heteroatoms. The Bertz CT molecular complexity index is 460. The predicted molar refractivity (Wildman–Crippen MR) is 80.9 cm³/mol. The molecule has 2 aliphatic rings. The molecule has 6 nitrogen and oxygen atoms in total. The van der Waals surface area contributed by atoms with Gasteiger partial charge in [0.25, 0.3) is 0 Å². The number of hydrogen-bond acceptors (Lipinski definition) is 5. The minimum atomic E-state index is -0.0266. The topological polar surface area (TPSA) is 70.2 Å². The summed E-state index contributed by atoms with van der Waals surface area (Å²) < 4.78 is 0. The number of piperidine rings is 1. The van der Waals surface area contributed by atoms with Crippen molar-refractivity contribution in [2.75, 3.05) is 31.5 Å². The summed E-state index contributed by atoms with van der Waals surface area (Å²) in [6.07, 6.45) is 8.28. The zero-order chi connectivity index (χ0) is 14.5. The van der Waals surface area contributed by atoms with Crippen molar-refractivity contribution in [3.05, 3.63) is 18.5 Å². The third kappa shape index (κ3) is 3.98. The first kappa shape index (κ1) is 14.4. The summed E-state index contributed by atoms with van der Waals surface area (Å²) in [6.45, 7) is 3.60. The molecule has 0 bridgehead atoms. The number of aromatic nitrogens is 2. The number of rotatable bonds is 4. The van der Waals surface area contributed by atoms with E-state index in [1.807, 2.05) is 0 Å². The molecule has 1 aromatic rings. The maximum Gasteiger partial charge on any atom is 0.240 e. The molecule has 2 unspecified atom stereocenters. The van der Waals surface area contributed by atoms with Crippen molar-refractivity contribution in [2.45, 2.75) is 31.7 Å². The fourth-order valence-electron chi connectivity index (χ4n) is 3.41. The average molecular weight is 289 g/mol. The summed E-state index contributed by atoms with van der Waals surface area (Å²) in [5.74, 6) is 1.04. The van der Waals surface area contributed by atoms with Gasteiger partial charge in [-0.25, -0.2) is 9.97 Å². The molecule has 2 aliphatic heterocycles. The van der Waals surface area contributed by atoms with Crippen LogP contribution in [0.5, 0.6) is 0 Å². The van der Waals surface area contributed by atoms with Gasteiger partial charge in [0.15, 0.2) is 0 Å². The van der Waals surface area contributed by atoms with Gasteiger partial charge in [0.1, 0.15) is 0 Å². The molecule has 2 atom stereocenters. The molecule has 2 N–H and O–H groups in total. The lowest BCUT2D eigenvalue weighted by Crippen LogP contribution is -2.46. The molecule has 3 heterocycles. The zero-order valence-corrected chi connectivity index (χ0v) is 12.3. The van der Waals surface area contributed by atoms with E-state index in [9.17, 15) is 4.79 Å². The summed E-state index contributed by atoms with van der Waals surface area (Å²) in [7, 11) is 0. The second-order valence-corrected chi connectivity index (χ2v) is 5.96. The lowest BCUT2D eigenvalue weighted by molar-refractivity contribution is -0.117. The van der Waals surface area contributed by atoms with Crippen LogP contribution in [0, 0.1) is 5.92 Å². The van der Waals surface area contributed by atoms with Crippen molar-refractivity contribution in [3.63, 3.8) is 0 Å². The first-order valence-electron chi connectivity index (χ1n) is 7.84. The standard InChI is InChI=1S/C15H23N5O/c21-14(19-15-17-7-3-8-18-15)11-20-9-2-4-12(10-20)13-5-1-6-16-13/h3,7-8,12-13,16H,1-2,4-6,9-11H2,(H,17,18,19,21). The van der Waals surface area contributed by atoms with Gasteiger partial charge in [0.05, 0.1) is 6.54 Å². The number of carbonyl (C=O) groups is 1. The van der Waals surface area contributed by atoms with Crippen molar-refractivity contribution in [1.82, 2.24) is 20.2 Å². The van der Waals surface area contributed by atoms with Crippen LogP contribution in [0.25, 0.3) is 0 Å². The van der Waals surface area contributed by atoms with E-state index in [-0.39, 0.29) is 5.91 Å². The minimum absolute atomic E-state index is 0.0266. The van der Waals surface area contributed by atoms with E-state index in [1.165, 1.54) is 25.7 Å². The van der Waals surface area contributed by atoms with Crippen molar-refractivity contribution in [1.29, 1.82) is 0 Å². The van der Waals surface area contributed by atoms with Gasteiger partial charge in [0, 0.05) is 25.0 Å². The second kappa shape index (κ2) is 6.95. The Labute approximate surface area is 125 Å². The normalized spacial score (nSPS) is 26.7. The molecule has 21 heavy (non-hydrogen) atoms. The Kier molecular flexibility index (Phi) is 4.77. The zero-order valence-electron chi connectivity index (χ0n) is 12.3. The Morgan fingerprint density at radius 2 is 2.19 bits per heavy atom. The summed E-state index contributed by atoms with van der Waals surface area (Å²) in [5.41, 5.74) is 0. The van der Waals surface area contributed by atoms with E-state index in [2.05, 4.69) is 25.5 Å². The van der Waals surface area contributed by atoms with Crippen LogP contribution >= 0.6 is 0 Å². The van der Waals surface area contributed by atoms with Crippen LogP contribution in [0.4, 0.5) is 5.95 Å². The molecule has 0 spiro atoms. The maximum absolute atomic E-state index is 12.1. The molecule has 1 aromatic heterocycles. The van der Waals surface area contributed by atoms with Gasteiger partial charge in [0.2, 0.25) is 11.9 Å². The van der Waals surface area contributed by atoms with E-state index < -0.39 is 0 Å². The minimum Gasteiger partial charge on any atom is -0.314 e. The van der Waals surface area contributed by atoms with Crippen LogP contribution in [-0.4, -0.2) is 53.0 Å². The van der Waals surface area contributed by atoms with Crippen LogP contribution in [0.3, 0.4) is 0 Å². The van der Waals surface area contributed by atoms with Gasteiger partial charge in [-0.15, -0.1) is 0 Å². The molecule has 114 valence electrons. The predicted octanol–water partition coefficient (Wildman–Crippen LogP) is 0.879. The quantitative estimate of drug-likeness (QED) is 0.861. The highest BCUT2D eigenvalue weighted by Crippen LogP contribution is 2.24. The van der Waals surface area contributed by atoms with E-state index in [0.717, 1.165) is 19.6 Å². The molecule has 0 aromatic carbocycles. The van der Waals surface area contributed by atoms with E-state index >= 15 is 0 Å². The van der Waals surface area contributed by atoms with Crippen LogP contribution < -0.4 is 10.6 Å². The summed E-state index contributed by atoms with van der Waals surface area (Å²) in [5, 5.41) is 6.35. The van der Waals surface area contributed by atoms with Crippen molar-refractivity contribution in [3.8, 4) is 0 Å². The number of hydrogen-bond donors (Lipinski definition) is 2. The van der Waals surface area contributed by atoms with Crippen LogP contribution in [0.2, 0.25) is 0 Å². The fourth-order valence-corrected chi connectivity index (χ4v) is 3.41. The monoisotopic (exact) mass is 289 g/mol.